The number of nitrogens with zero attached hydrogens (tertiary/aromatic N) is 1. The molecule has 2 aromatic carbocycles. The maximum Gasteiger partial charge on any atom is 0.341 e. The van der Waals surface area contributed by atoms with Crippen LogP contribution in [0.5, 0.6) is 5.75 Å². The predicted molar refractivity (Wildman–Crippen MR) is 96.2 cm³/mol. The molecule has 2 rings (SSSR count). The zero-order chi connectivity index (χ0) is 18.9. The fourth-order valence-corrected chi connectivity index (χ4v) is 2.46. The molecule has 0 atom stereocenters. The monoisotopic (exact) mass is 355 g/mol. The van der Waals surface area contributed by atoms with Gasteiger partial charge in [0.2, 0.25) is 6.41 Å². The largest absolute Gasteiger partial charge is 0.493 e. The van der Waals surface area contributed by atoms with Crippen molar-refractivity contribution in [2.24, 2.45) is 0 Å². The number of hydrogen-bond acceptors (Lipinski definition) is 5. The van der Waals surface area contributed by atoms with Gasteiger partial charge in [0.15, 0.2) is 0 Å². The Morgan fingerprint density at radius 2 is 1.69 bits per heavy atom. The van der Waals surface area contributed by atoms with E-state index in [-0.39, 0.29) is 19.1 Å². The third kappa shape index (κ3) is 4.69. The molecule has 6 heteroatoms. The number of aryl methyl sites for hydroxylation is 1. The third-order valence-corrected chi connectivity index (χ3v) is 3.86. The minimum absolute atomic E-state index is 0.219. The second-order valence-corrected chi connectivity index (χ2v) is 5.61. The Kier molecular flexibility index (Phi) is 6.91. The summed E-state index contributed by atoms with van der Waals surface area (Å²) < 4.78 is 10.3. The molecule has 0 unspecified atom stereocenters. The summed E-state index contributed by atoms with van der Waals surface area (Å²) in [4.78, 5) is 36.5. The lowest BCUT2D eigenvalue weighted by molar-refractivity contribution is -0.116. The first-order valence-corrected chi connectivity index (χ1v) is 8.20. The van der Waals surface area contributed by atoms with E-state index < -0.39 is 5.97 Å². The number of imide groups is 1. The molecule has 0 radical (unpaired) electrons. The number of carbonyl (C=O) groups excluding carboxylic acids is 3. The highest BCUT2D eigenvalue weighted by Crippen LogP contribution is 2.19. The summed E-state index contributed by atoms with van der Waals surface area (Å²) in [6, 6.07) is 13.9. The molecule has 2 aromatic rings. The fraction of sp³-hybridized carbons (Fsp3) is 0.250. The summed E-state index contributed by atoms with van der Waals surface area (Å²) in [7, 11) is 1.30. The van der Waals surface area contributed by atoms with E-state index in [1.807, 2.05) is 19.1 Å². The van der Waals surface area contributed by atoms with Gasteiger partial charge >= 0.3 is 5.97 Å². The van der Waals surface area contributed by atoms with Crippen molar-refractivity contribution in [3.05, 3.63) is 65.2 Å². The molecular formula is C20H21NO5. The Labute approximate surface area is 152 Å². The summed E-state index contributed by atoms with van der Waals surface area (Å²) in [6.07, 6.45) is 0.961. The van der Waals surface area contributed by atoms with Gasteiger partial charge in [-0.2, -0.15) is 0 Å². The number of carbonyl (C=O) groups is 3. The smallest absolute Gasteiger partial charge is 0.341 e. The highest BCUT2D eigenvalue weighted by atomic mass is 16.5. The summed E-state index contributed by atoms with van der Waals surface area (Å²) in [5, 5.41) is 0. The molecule has 0 heterocycles. The third-order valence-electron chi connectivity index (χ3n) is 3.86. The molecule has 0 bridgehead atoms. The maximum atomic E-state index is 12.4. The molecule has 0 N–H and O–H groups in total. The number of benzene rings is 2. The number of hydrogen-bond donors (Lipinski definition) is 0. The number of methoxy groups -OCH3 is 1. The SMILES string of the molecule is COC(=O)c1ccccc1OCCCN(C=O)C(=O)c1ccccc1C. The van der Waals surface area contributed by atoms with Crippen molar-refractivity contribution in [1.82, 2.24) is 4.90 Å². The minimum atomic E-state index is -0.482. The van der Waals surface area contributed by atoms with E-state index in [9.17, 15) is 14.4 Å². The van der Waals surface area contributed by atoms with Crippen LogP contribution in [0, 0.1) is 6.92 Å². The minimum Gasteiger partial charge on any atom is -0.493 e. The molecule has 0 aliphatic heterocycles. The average Bonchev–Trinajstić information content (AvgIpc) is 2.67. The van der Waals surface area contributed by atoms with E-state index in [0.29, 0.717) is 29.7 Å². The second-order valence-electron chi connectivity index (χ2n) is 5.61. The van der Waals surface area contributed by atoms with Crippen LogP contribution in [0.3, 0.4) is 0 Å². The van der Waals surface area contributed by atoms with Crippen LogP contribution in [0.25, 0.3) is 0 Å². The standard InChI is InChI=1S/C20H21NO5/c1-15-8-3-4-9-16(15)19(23)21(14-22)12-7-13-26-18-11-6-5-10-17(18)20(24)25-2/h3-6,8-11,14H,7,12-13H2,1-2H3. The normalized spacial score (nSPS) is 10.1. The molecule has 2 amide bonds. The van der Waals surface area contributed by atoms with Crippen molar-refractivity contribution in [1.29, 1.82) is 0 Å². The van der Waals surface area contributed by atoms with Crippen molar-refractivity contribution in [3.63, 3.8) is 0 Å². The van der Waals surface area contributed by atoms with E-state index in [1.54, 1.807) is 36.4 Å². The van der Waals surface area contributed by atoms with Crippen molar-refractivity contribution >= 4 is 18.3 Å². The van der Waals surface area contributed by atoms with Gasteiger partial charge in [-0.3, -0.25) is 14.5 Å². The highest BCUT2D eigenvalue weighted by Gasteiger charge is 2.17. The van der Waals surface area contributed by atoms with Gasteiger partial charge < -0.3 is 9.47 Å². The van der Waals surface area contributed by atoms with Crippen LogP contribution in [-0.4, -0.2) is 43.4 Å². The first-order chi connectivity index (χ1) is 12.6. The van der Waals surface area contributed by atoms with Gasteiger partial charge in [0, 0.05) is 12.1 Å². The van der Waals surface area contributed by atoms with Gasteiger partial charge in [0.1, 0.15) is 11.3 Å². The lowest BCUT2D eigenvalue weighted by Gasteiger charge is -2.17. The van der Waals surface area contributed by atoms with E-state index in [2.05, 4.69) is 0 Å². The quantitative estimate of drug-likeness (QED) is 0.414. The van der Waals surface area contributed by atoms with Crippen molar-refractivity contribution in [2.45, 2.75) is 13.3 Å². The van der Waals surface area contributed by atoms with Crippen LogP contribution in [-0.2, 0) is 9.53 Å². The molecule has 0 fully saturated rings. The Morgan fingerprint density at radius 3 is 2.35 bits per heavy atom. The van der Waals surface area contributed by atoms with Crippen LogP contribution in [0.15, 0.2) is 48.5 Å². The number of esters is 1. The van der Waals surface area contributed by atoms with Crippen LogP contribution in [0.2, 0.25) is 0 Å². The van der Waals surface area contributed by atoms with Crippen LogP contribution >= 0.6 is 0 Å². The van der Waals surface area contributed by atoms with E-state index in [4.69, 9.17) is 9.47 Å². The Balaban J connectivity index is 1.93. The maximum absolute atomic E-state index is 12.4. The Bertz CT molecular complexity index is 787. The Morgan fingerprint density at radius 1 is 1.04 bits per heavy atom. The average molecular weight is 355 g/mol. The predicted octanol–water partition coefficient (Wildman–Crippen LogP) is 2.85. The summed E-state index contributed by atoms with van der Waals surface area (Å²) in [5.41, 5.74) is 1.64. The molecule has 0 aromatic heterocycles. The van der Waals surface area contributed by atoms with Gasteiger partial charge in [-0.25, -0.2) is 4.79 Å². The fourth-order valence-electron chi connectivity index (χ4n) is 2.46. The van der Waals surface area contributed by atoms with E-state index in [1.165, 1.54) is 7.11 Å². The van der Waals surface area contributed by atoms with Crippen molar-refractivity contribution in [3.8, 4) is 5.75 Å². The summed E-state index contributed by atoms with van der Waals surface area (Å²) in [6.45, 7) is 2.29. The highest BCUT2D eigenvalue weighted by molar-refractivity contribution is 6.00. The summed E-state index contributed by atoms with van der Waals surface area (Å²) in [5.74, 6) is -0.417. The summed E-state index contributed by atoms with van der Waals surface area (Å²) >= 11 is 0. The van der Waals surface area contributed by atoms with Crippen LogP contribution in [0.4, 0.5) is 0 Å². The van der Waals surface area contributed by atoms with Crippen molar-refractivity contribution < 1.29 is 23.9 Å². The zero-order valence-corrected chi connectivity index (χ0v) is 14.8. The molecule has 6 nitrogen and oxygen atoms in total. The topological polar surface area (TPSA) is 72.9 Å². The molecule has 136 valence electrons. The molecule has 26 heavy (non-hydrogen) atoms. The van der Waals surface area contributed by atoms with Crippen LogP contribution < -0.4 is 4.74 Å². The molecule has 0 aliphatic carbocycles. The molecule has 0 saturated heterocycles. The van der Waals surface area contributed by atoms with Gasteiger partial charge in [-0.15, -0.1) is 0 Å². The Hall–Kier alpha value is -3.15. The van der Waals surface area contributed by atoms with Crippen molar-refractivity contribution in [2.75, 3.05) is 20.3 Å². The molecular weight excluding hydrogens is 334 g/mol. The number of rotatable bonds is 8. The number of para-hydroxylation sites is 1. The van der Waals surface area contributed by atoms with Crippen LogP contribution in [0.1, 0.15) is 32.7 Å². The zero-order valence-electron chi connectivity index (χ0n) is 14.8. The van der Waals surface area contributed by atoms with E-state index >= 15 is 0 Å². The first-order valence-electron chi connectivity index (χ1n) is 8.20. The number of amides is 2. The second kappa shape index (κ2) is 9.36. The van der Waals surface area contributed by atoms with Gasteiger partial charge in [0.25, 0.3) is 5.91 Å². The van der Waals surface area contributed by atoms with Gasteiger partial charge in [-0.05, 0) is 37.1 Å². The lowest BCUT2D eigenvalue weighted by Crippen LogP contribution is -2.31. The van der Waals surface area contributed by atoms with Gasteiger partial charge in [0.05, 0.1) is 13.7 Å². The van der Waals surface area contributed by atoms with E-state index in [0.717, 1.165) is 10.5 Å². The molecule has 0 spiro atoms. The molecule has 0 aliphatic rings. The molecule has 0 saturated carbocycles. The van der Waals surface area contributed by atoms with Gasteiger partial charge in [-0.1, -0.05) is 30.3 Å². The first kappa shape index (κ1) is 19.2. The lowest BCUT2D eigenvalue weighted by atomic mass is 10.1. The number of ether oxygens (including phenoxy) is 2.